The minimum atomic E-state index is -0.362. The van der Waals surface area contributed by atoms with Crippen LogP contribution in [0.15, 0.2) is 10.9 Å². The van der Waals surface area contributed by atoms with E-state index in [2.05, 4.69) is 15.6 Å². The van der Waals surface area contributed by atoms with E-state index in [0.717, 1.165) is 0 Å². The fourth-order valence-corrected chi connectivity index (χ4v) is 1.52. The van der Waals surface area contributed by atoms with Gasteiger partial charge in [-0.3, -0.25) is 4.79 Å². The average molecular weight is 229 g/mol. The summed E-state index contributed by atoms with van der Waals surface area (Å²) in [6.07, 6.45) is -0.362. The lowest BCUT2D eigenvalue weighted by Gasteiger charge is -2.07. The van der Waals surface area contributed by atoms with E-state index in [4.69, 9.17) is 5.11 Å². The number of carbonyl (C=O) groups is 1. The molecule has 0 saturated carbocycles. The molecule has 0 fully saturated rings. The van der Waals surface area contributed by atoms with Gasteiger partial charge in [-0.2, -0.15) is 0 Å². The molecule has 0 aliphatic rings. The molecule has 1 rings (SSSR count). The highest BCUT2D eigenvalue weighted by Gasteiger charge is 2.05. The molecule has 5 nitrogen and oxygen atoms in total. The Morgan fingerprint density at radius 3 is 3.07 bits per heavy atom. The van der Waals surface area contributed by atoms with E-state index in [1.165, 1.54) is 11.3 Å². The molecule has 1 heterocycles. The smallest absolute Gasteiger partial charge is 0.270 e. The molecule has 0 aliphatic carbocycles. The molecular formula is C9H15N3O2S. The first kappa shape index (κ1) is 12.1. The van der Waals surface area contributed by atoms with Crippen LogP contribution in [-0.4, -0.2) is 41.7 Å². The van der Waals surface area contributed by atoms with Gasteiger partial charge in [0.1, 0.15) is 5.69 Å². The van der Waals surface area contributed by atoms with Crippen molar-refractivity contribution in [2.45, 2.75) is 13.0 Å². The van der Waals surface area contributed by atoms with Gasteiger partial charge in [-0.15, -0.1) is 11.3 Å². The van der Waals surface area contributed by atoms with Crippen molar-refractivity contribution in [2.24, 2.45) is 0 Å². The number of nitrogens with one attached hydrogen (secondary N) is 2. The maximum absolute atomic E-state index is 11.4. The molecule has 0 bridgehead atoms. The van der Waals surface area contributed by atoms with Gasteiger partial charge in [-0.05, 0) is 6.92 Å². The molecule has 1 amide bonds. The largest absolute Gasteiger partial charge is 0.392 e. The summed E-state index contributed by atoms with van der Waals surface area (Å²) in [5.74, 6) is -0.157. The number of aliphatic hydroxyl groups is 1. The van der Waals surface area contributed by atoms with Crippen LogP contribution in [0.3, 0.4) is 0 Å². The Balaban J connectivity index is 2.08. The standard InChI is InChI=1S/C9H15N3O2S/c1-7(13)4-10-2-3-11-9(14)8-5-15-6-12-8/h5-7,10,13H,2-4H2,1H3,(H,11,14). The topological polar surface area (TPSA) is 74.2 Å². The molecule has 0 radical (unpaired) electrons. The molecule has 6 heteroatoms. The number of thiazole rings is 1. The maximum atomic E-state index is 11.4. The van der Waals surface area contributed by atoms with Crippen LogP contribution >= 0.6 is 11.3 Å². The van der Waals surface area contributed by atoms with E-state index in [1.54, 1.807) is 17.8 Å². The lowest BCUT2D eigenvalue weighted by molar-refractivity contribution is 0.0949. The monoisotopic (exact) mass is 229 g/mol. The summed E-state index contributed by atoms with van der Waals surface area (Å²) in [7, 11) is 0. The van der Waals surface area contributed by atoms with E-state index in [-0.39, 0.29) is 12.0 Å². The van der Waals surface area contributed by atoms with Crippen LogP contribution in [-0.2, 0) is 0 Å². The van der Waals surface area contributed by atoms with E-state index >= 15 is 0 Å². The lowest BCUT2D eigenvalue weighted by Crippen LogP contribution is -2.34. The Morgan fingerprint density at radius 1 is 1.67 bits per heavy atom. The molecule has 15 heavy (non-hydrogen) atoms. The van der Waals surface area contributed by atoms with Crippen LogP contribution in [0, 0.1) is 0 Å². The van der Waals surface area contributed by atoms with Gasteiger partial charge in [0.25, 0.3) is 5.91 Å². The fraction of sp³-hybridized carbons (Fsp3) is 0.556. The normalized spacial score (nSPS) is 12.4. The third-order valence-electron chi connectivity index (χ3n) is 1.69. The summed E-state index contributed by atoms with van der Waals surface area (Å²) in [6, 6.07) is 0. The molecule has 3 N–H and O–H groups in total. The Labute approximate surface area is 92.5 Å². The van der Waals surface area contributed by atoms with Crippen LogP contribution in [0.4, 0.5) is 0 Å². The predicted molar refractivity (Wildman–Crippen MR) is 59.0 cm³/mol. The first-order valence-electron chi connectivity index (χ1n) is 4.75. The minimum absolute atomic E-state index is 0.157. The van der Waals surface area contributed by atoms with Crippen molar-refractivity contribution in [3.05, 3.63) is 16.6 Å². The number of amides is 1. The van der Waals surface area contributed by atoms with Crippen molar-refractivity contribution in [3.63, 3.8) is 0 Å². The molecule has 1 unspecified atom stereocenters. The van der Waals surface area contributed by atoms with Crippen molar-refractivity contribution in [1.82, 2.24) is 15.6 Å². The second kappa shape index (κ2) is 6.49. The average Bonchev–Trinajstić information content (AvgIpc) is 2.69. The third kappa shape index (κ3) is 4.87. The van der Waals surface area contributed by atoms with E-state index in [1.807, 2.05) is 0 Å². The van der Waals surface area contributed by atoms with Gasteiger partial charge in [0.15, 0.2) is 0 Å². The minimum Gasteiger partial charge on any atom is -0.392 e. The van der Waals surface area contributed by atoms with Crippen molar-refractivity contribution in [1.29, 1.82) is 0 Å². The zero-order valence-corrected chi connectivity index (χ0v) is 9.38. The zero-order valence-electron chi connectivity index (χ0n) is 8.56. The van der Waals surface area contributed by atoms with Gasteiger partial charge in [0.2, 0.25) is 0 Å². The summed E-state index contributed by atoms with van der Waals surface area (Å²) in [5, 5.41) is 16.4. The van der Waals surface area contributed by atoms with Gasteiger partial charge in [-0.1, -0.05) is 0 Å². The third-order valence-corrected chi connectivity index (χ3v) is 2.28. The van der Waals surface area contributed by atoms with Crippen LogP contribution in [0.25, 0.3) is 0 Å². The summed E-state index contributed by atoms with van der Waals surface area (Å²) >= 11 is 1.39. The predicted octanol–water partition coefficient (Wildman–Crippen LogP) is -0.157. The molecule has 0 spiro atoms. The molecule has 0 aliphatic heterocycles. The Hall–Kier alpha value is -0.980. The second-order valence-corrected chi connectivity index (χ2v) is 3.90. The van der Waals surface area contributed by atoms with Gasteiger partial charge in [-0.25, -0.2) is 4.98 Å². The molecule has 0 saturated heterocycles. The summed E-state index contributed by atoms with van der Waals surface area (Å²) in [6.45, 7) is 3.41. The van der Waals surface area contributed by atoms with Gasteiger partial charge in [0.05, 0.1) is 11.6 Å². The number of nitrogens with zero attached hydrogens (tertiary/aromatic N) is 1. The van der Waals surface area contributed by atoms with E-state index in [0.29, 0.717) is 25.3 Å². The number of aromatic nitrogens is 1. The van der Waals surface area contributed by atoms with E-state index in [9.17, 15) is 4.79 Å². The van der Waals surface area contributed by atoms with E-state index < -0.39 is 0 Å². The van der Waals surface area contributed by atoms with Gasteiger partial charge >= 0.3 is 0 Å². The Bertz CT molecular complexity index is 288. The lowest BCUT2D eigenvalue weighted by atomic mass is 10.4. The molecule has 1 atom stereocenters. The number of aliphatic hydroxyl groups excluding tert-OH is 1. The fourth-order valence-electron chi connectivity index (χ4n) is 0.991. The number of carbonyl (C=O) groups excluding carboxylic acids is 1. The van der Waals surface area contributed by atoms with Crippen molar-refractivity contribution in [3.8, 4) is 0 Å². The first-order valence-corrected chi connectivity index (χ1v) is 5.69. The summed E-state index contributed by atoms with van der Waals surface area (Å²) in [4.78, 5) is 15.2. The van der Waals surface area contributed by atoms with Crippen LogP contribution < -0.4 is 10.6 Å². The van der Waals surface area contributed by atoms with Crippen LogP contribution in [0.5, 0.6) is 0 Å². The highest BCUT2D eigenvalue weighted by Crippen LogP contribution is 1.99. The molecule has 1 aromatic heterocycles. The van der Waals surface area contributed by atoms with Crippen LogP contribution in [0.1, 0.15) is 17.4 Å². The highest BCUT2D eigenvalue weighted by molar-refractivity contribution is 7.07. The molecule has 1 aromatic rings. The summed E-state index contributed by atoms with van der Waals surface area (Å²) < 4.78 is 0. The molecule has 84 valence electrons. The quantitative estimate of drug-likeness (QED) is 0.593. The van der Waals surface area contributed by atoms with Crippen molar-refractivity contribution < 1.29 is 9.90 Å². The molecule has 0 aromatic carbocycles. The molecular weight excluding hydrogens is 214 g/mol. The van der Waals surface area contributed by atoms with Gasteiger partial charge < -0.3 is 15.7 Å². The van der Waals surface area contributed by atoms with Gasteiger partial charge in [0, 0.05) is 25.0 Å². The van der Waals surface area contributed by atoms with Crippen molar-refractivity contribution in [2.75, 3.05) is 19.6 Å². The SMILES string of the molecule is CC(O)CNCCNC(=O)c1cscn1. The number of rotatable bonds is 6. The number of hydrogen-bond donors (Lipinski definition) is 3. The second-order valence-electron chi connectivity index (χ2n) is 3.18. The van der Waals surface area contributed by atoms with Crippen molar-refractivity contribution >= 4 is 17.2 Å². The Kier molecular flexibility index (Phi) is 5.23. The number of hydrogen-bond acceptors (Lipinski definition) is 5. The maximum Gasteiger partial charge on any atom is 0.270 e. The van der Waals surface area contributed by atoms with Crippen LogP contribution in [0.2, 0.25) is 0 Å². The zero-order chi connectivity index (χ0) is 11.1. The summed E-state index contributed by atoms with van der Waals surface area (Å²) in [5.41, 5.74) is 2.08. The highest BCUT2D eigenvalue weighted by atomic mass is 32.1. The first-order chi connectivity index (χ1) is 7.20. The Morgan fingerprint density at radius 2 is 2.47 bits per heavy atom.